The fourth-order valence-electron chi connectivity index (χ4n) is 3.20. The van der Waals surface area contributed by atoms with Crippen molar-refractivity contribution in [3.05, 3.63) is 53.6 Å². The van der Waals surface area contributed by atoms with Crippen LogP contribution in [0.4, 0.5) is 0 Å². The third kappa shape index (κ3) is 4.19. The molecule has 1 atom stereocenters. The lowest BCUT2D eigenvalue weighted by molar-refractivity contribution is -0.121. The molecule has 9 heteroatoms. The normalized spacial score (nSPS) is 15.1. The quantitative estimate of drug-likeness (QED) is 0.772. The summed E-state index contributed by atoms with van der Waals surface area (Å²) in [4.78, 5) is 14.3. The van der Waals surface area contributed by atoms with Gasteiger partial charge in [0.05, 0.1) is 26.8 Å². The number of fused-ring (bicyclic) bond motifs is 1. The Balaban J connectivity index is 1.73. The molecule has 1 N–H and O–H groups in total. The van der Waals surface area contributed by atoms with Crippen molar-refractivity contribution in [2.45, 2.75) is 17.9 Å². The molecule has 1 aliphatic rings. The summed E-state index contributed by atoms with van der Waals surface area (Å²) in [6.45, 7) is 1.78. The van der Waals surface area contributed by atoms with Crippen molar-refractivity contribution in [1.29, 1.82) is 0 Å². The molecular formula is C20H23N3O5S. The molecular weight excluding hydrogens is 394 g/mol. The predicted octanol–water partition coefficient (Wildman–Crippen LogP) is 1.96. The number of rotatable bonds is 6. The van der Waals surface area contributed by atoms with Gasteiger partial charge in [-0.2, -0.15) is 8.42 Å². The van der Waals surface area contributed by atoms with Crippen molar-refractivity contribution in [3.63, 3.8) is 0 Å². The maximum atomic E-state index is 12.6. The molecule has 0 unspecified atom stereocenters. The largest absolute Gasteiger partial charge is 0.497 e. The van der Waals surface area contributed by atoms with Gasteiger partial charge in [0.15, 0.2) is 5.84 Å². The van der Waals surface area contributed by atoms with Crippen LogP contribution in [0.15, 0.2) is 51.8 Å². The van der Waals surface area contributed by atoms with E-state index in [1.807, 2.05) is 6.92 Å². The number of carbonyl (C=O) groups is 1. The van der Waals surface area contributed by atoms with Crippen LogP contribution < -0.4 is 14.8 Å². The molecule has 154 valence electrons. The number of ether oxygens (including phenoxy) is 2. The van der Waals surface area contributed by atoms with Crippen molar-refractivity contribution in [3.8, 4) is 11.5 Å². The summed E-state index contributed by atoms with van der Waals surface area (Å²) in [5.74, 6) is 1.25. The first-order valence-electron chi connectivity index (χ1n) is 8.93. The summed E-state index contributed by atoms with van der Waals surface area (Å²) in [6.07, 6.45) is 0. The van der Waals surface area contributed by atoms with E-state index in [0.717, 1.165) is 5.56 Å². The second kappa shape index (κ2) is 8.12. The molecule has 0 fully saturated rings. The van der Waals surface area contributed by atoms with E-state index in [4.69, 9.17) is 9.47 Å². The summed E-state index contributed by atoms with van der Waals surface area (Å²) < 4.78 is 38.9. The van der Waals surface area contributed by atoms with Crippen molar-refractivity contribution in [2.24, 2.45) is 4.40 Å². The van der Waals surface area contributed by atoms with Gasteiger partial charge >= 0.3 is 0 Å². The molecule has 0 saturated heterocycles. The Hall–Kier alpha value is -3.07. The number of sulfonamides is 1. The second-order valence-corrected chi connectivity index (χ2v) is 8.21. The van der Waals surface area contributed by atoms with Crippen LogP contribution in [0.1, 0.15) is 24.1 Å². The molecule has 2 aromatic carbocycles. The van der Waals surface area contributed by atoms with Gasteiger partial charge in [0, 0.05) is 18.2 Å². The van der Waals surface area contributed by atoms with Crippen molar-refractivity contribution in [1.82, 2.24) is 10.2 Å². The summed E-state index contributed by atoms with van der Waals surface area (Å²) in [5, 5.41) is 2.90. The van der Waals surface area contributed by atoms with Crippen LogP contribution in [0, 0.1) is 0 Å². The third-order valence-electron chi connectivity index (χ3n) is 4.64. The number of nitrogens with zero attached hydrogens (tertiary/aromatic N) is 2. The maximum Gasteiger partial charge on any atom is 0.285 e. The first kappa shape index (κ1) is 20.7. The molecule has 1 heterocycles. The van der Waals surface area contributed by atoms with Crippen LogP contribution >= 0.6 is 0 Å². The SMILES string of the molecule is COc1ccc(OC)c([C@H](C)NC(=O)CN(C)C2=NS(=O)(=O)c3ccccc32)c1. The summed E-state index contributed by atoms with van der Waals surface area (Å²) >= 11 is 0. The minimum atomic E-state index is -3.73. The molecule has 1 aliphatic heterocycles. The molecule has 0 bridgehead atoms. The molecule has 0 radical (unpaired) electrons. The fourth-order valence-corrected chi connectivity index (χ4v) is 4.45. The third-order valence-corrected chi connectivity index (χ3v) is 5.96. The van der Waals surface area contributed by atoms with Crippen LogP contribution in [0.2, 0.25) is 0 Å². The number of nitrogens with one attached hydrogen (secondary N) is 1. The van der Waals surface area contributed by atoms with Gasteiger partial charge < -0.3 is 19.7 Å². The van der Waals surface area contributed by atoms with E-state index in [2.05, 4.69) is 9.71 Å². The van der Waals surface area contributed by atoms with Crippen LogP contribution in [0.5, 0.6) is 11.5 Å². The van der Waals surface area contributed by atoms with Gasteiger partial charge in [-0.25, -0.2) is 0 Å². The van der Waals surface area contributed by atoms with E-state index < -0.39 is 10.0 Å². The van der Waals surface area contributed by atoms with E-state index in [0.29, 0.717) is 17.1 Å². The highest BCUT2D eigenvalue weighted by molar-refractivity contribution is 7.90. The molecule has 0 spiro atoms. The highest BCUT2D eigenvalue weighted by Crippen LogP contribution is 2.29. The minimum absolute atomic E-state index is 0.0562. The lowest BCUT2D eigenvalue weighted by Crippen LogP contribution is -2.39. The van der Waals surface area contributed by atoms with E-state index >= 15 is 0 Å². The van der Waals surface area contributed by atoms with Crippen LogP contribution in [-0.2, 0) is 14.8 Å². The number of benzene rings is 2. The molecule has 0 aliphatic carbocycles. The zero-order valence-corrected chi connectivity index (χ0v) is 17.5. The maximum absolute atomic E-state index is 12.6. The number of carbonyl (C=O) groups excluding carboxylic acids is 1. The Morgan fingerprint density at radius 3 is 2.59 bits per heavy atom. The number of hydrogen-bond acceptors (Lipinski definition) is 6. The lowest BCUT2D eigenvalue weighted by Gasteiger charge is -2.22. The first-order valence-corrected chi connectivity index (χ1v) is 10.4. The van der Waals surface area contributed by atoms with Gasteiger partial charge in [0.25, 0.3) is 10.0 Å². The molecule has 8 nitrogen and oxygen atoms in total. The van der Waals surface area contributed by atoms with Gasteiger partial charge in [-0.3, -0.25) is 4.79 Å². The zero-order valence-electron chi connectivity index (χ0n) is 16.7. The van der Waals surface area contributed by atoms with Gasteiger partial charge in [-0.15, -0.1) is 4.40 Å². The Kier molecular flexibility index (Phi) is 5.78. The van der Waals surface area contributed by atoms with Crippen LogP contribution in [0.3, 0.4) is 0 Å². The van der Waals surface area contributed by atoms with Crippen LogP contribution in [-0.4, -0.2) is 52.9 Å². The summed E-state index contributed by atoms with van der Waals surface area (Å²) in [7, 11) is 1.02. The van der Waals surface area contributed by atoms with Crippen molar-refractivity contribution < 1.29 is 22.7 Å². The predicted molar refractivity (Wildman–Crippen MR) is 109 cm³/mol. The average molecular weight is 417 g/mol. The Morgan fingerprint density at radius 2 is 1.90 bits per heavy atom. The topological polar surface area (TPSA) is 97.3 Å². The van der Waals surface area contributed by atoms with E-state index in [-0.39, 0.29) is 29.2 Å². The highest BCUT2D eigenvalue weighted by atomic mass is 32.2. The Bertz CT molecular complexity index is 1070. The summed E-state index contributed by atoms with van der Waals surface area (Å²) in [6, 6.07) is 11.6. The second-order valence-electron chi connectivity index (χ2n) is 6.64. The lowest BCUT2D eigenvalue weighted by atomic mass is 10.1. The molecule has 2 aromatic rings. The van der Waals surface area contributed by atoms with Crippen molar-refractivity contribution in [2.75, 3.05) is 27.8 Å². The Morgan fingerprint density at radius 1 is 1.17 bits per heavy atom. The number of methoxy groups -OCH3 is 2. The van der Waals surface area contributed by atoms with Gasteiger partial charge in [-0.05, 0) is 37.3 Å². The molecule has 0 saturated carbocycles. The zero-order chi connectivity index (χ0) is 21.2. The number of amidine groups is 1. The standard InChI is InChI=1S/C20H23N3O5S/c1-13(16-11-14(27-3)9-10-17(16)28-4)21-19(24)12-23(2)20-15-7-5-6-8-18(15)29(25,26)22-20/h5-11,13H,12H2,1-4H3,(H,21,24)/t13-/m0/s1. The fraction of sp³-hybridized carbons (Fsp3) is 0.300. The minimum Gasteiger partial charge on any atom is -0.497 e. The van der Waals surface area contributed by atoms with Crippen molar-refractivity contribution >= 4 is 21.8 Å². The van der Waals surface area contributed by atoms with Gasteiger partial charge in [-0.1, -0.05) is 12.1 Å². The van der Waals surface area contributed by atoms with E-state index in [9.17, 15) is 13.2 Å². The van der Waals surface area contributed by atoms with Crippen LogP contribution in [0.25, 0.3) is 0 Å². The molecule has 0 aromatic heterocycles. The number of amides is 1. The van der Waals surface area contributed by atoms with Gasteiger partial charge in [0.1, 0.15) is 16.4 Å². The molecule has 1 amide bonds. The molecule has 3 rings (SSSR count). The average Bonchev–Trinajstić information content (AvgIpc) is 2.98. The smallest absolute Gasteiger partial charge is 0.285 e. The molecule has 29 heavy (non-hydrogen) atoms. The summed E-state index contributed by atoms with van der Waals surface area (Å²) in [5.41, 5.74) is 1.26. The van der Waals surface area contributed by atoms with E-state index in [1.54, 1.807) is 57.7 Å². The first-order chi connectivity index (χ1) is 13.8. The van der Waals surface area contributed by atoms with Gasteiger partial charge in [0.2, 0.25) is 5.91 Å². The van der Waals surface area contributed by atoms with E-state index in [1.165, 1.54) is 11.0 Å². The number of hydrogen-bond donors (Lipinski definition) is 1. The number of likely N-dealkylation sites (N-methyl/N-ethyl adjacent to an activating group) is 1. The Labute approximate surface area is 170 Å². The highest BCUT2D eigenvalue weighted by Gasteiger charge is 2.31. The monoisotopic (exact) mass is 417 g/mol.